The van der Waals surface area contributed by atoms with Gasteiger partial charge in [-0.05, 0) is 38.9 Å². The lowest BCUT2D eigenvalue weighted by atomic mass is 9.97. The molecule has 0 saturated carbocycles. The van der Waals surface area contributed by atoms with E-state index in [0.29, 0.717) is 13.2 Å². The Morgan fingerprint density at radius 3 is 1.07 bits per heavy atom. The summed E-state index contributed by atoms with van der Waals surface area (Å²) in [6.45, 7) is 1.68. The fourth-order valence-electron chi connectivity index (χ4n) is 8.98. The van der Waals surface area contributed by atoms with Gasteiger partial charge in [-0.3, -0.25) is 0 Å². The van der Waals surface area contributed by atoms with Crippen LogP contribution >= 0.6 is 0 Å². The highest BCUT2D eigenvalue weighted by molar-refractivity contribution is 5.19. The van der Waals surface area contributed by atoms with Crippen LogP contribution in [0.2, 0.25) is 0 Å². The number of benzene rings is 7. The zero-order chi connectivity index (χ0) is 49.1. The van der Waals surface area contributed by atoms with Crippen LogP contribution in [0, 0.1) is 0 Å². The smallest absolute Gasteiger partial charge is 0.224 e. The molecule has 0 aromatic heterocycles. The Balaban J connectivity index is 1.09. The van der Waals surface area contributed by atoms with Gasteiger partial charge < -0.3 is 52.5 Å². The molecule has 0 spiro atoms. The summed E-state index contributed by atoms with van der Waals surface area (Å²) in [7, 11) is 0. The van der Waals surface area contributed by atoms with E-state index in [0.717, 1.165) is 38.9 Å². The molecule has 0 radical (unpaired) electrons. The summed E-state index contributed by atoms with van der Waals surface area (Å²) >= 11 is 0. The Bertz CT molecular complexity index is 2560. The van der Waals surface area contributed by atoms with Gasteiger partial charge in [0, 0.05) is 0 Å². The molecule has 11 heteroatoms. The first-order valence-corrected chi connectivity index (χ1v) is 24.7. The van der Waals surface area contributed by atoms with Gasteiger partial charge in [0.25, 0.3) is 0 Å². The van der Waals surface area contributed by atoms with E-state index in [1.54, 1.807) is 0 Å². The van der Waals surface area contributed by atoms with Crippen LogP contribution in [0.15, 0.2) is 212 Å². The normalized spacial score (nSPS) is 24.0. The summed E-state index contributed by atoms with van der Waals surface area (Å²) in [5.41, 5.74) is 6.71. The summed E-state index contributed by atoms with van der Waals surface area (Å²) in [5.74, 6) is -1.88. The maximum Gasteiger partial charge on any atom is 0.224 e. The summed E-state index contributed by atoms with van der Waals surface area (Å²) in [6.07, 6.45) is -7.66. The summed E-state index contributed by atoms with van der Waals surface area (Å²) in [5, 5.41) is 12.9. The van der Waals surface area contributed by atoms with E-state index < -0.39 is 54.8 Å². The lowest BCUT2D eigenvalue weighted by molar-refractivity contribution is -0.396. The molecule has 2 aliphatic rings. The number of aliphatic hydroxyl groups excluding tert-OH is 1. The molecule has 9 rings (SSSR count). The molecule has 7 aromatic rings. The second-order valence-corrected chi connectivity index (χ2v) is 18.1. The van der Waals surface area contributed by atoms with Crippen molar-refractivity contribution in [2.75, 3.05) is 19.8 Å². The van der Waals surface area contributed by atoms with Gasteiger partial charge in [0.1, 0.15) is 49.3 Å². The van der Waals surface area contributed by atoms with E-state index in [4.69, 9.17) is 47.4 Å². The number of hydrogen-bond acceptors (Lipinski definition) is 11. The molecule has 2 aliphatic heterocycles. The summed E-state index contributed by atoms with van der Waals surface area (Å²) < 4.78 is 68.4. The van der Waals surface area contributed by atoms with Crippen molar-refractivity contribution in [1.82, 2.24) is 0 Å². The van der Waals surface area contributed by atoms with Gasteiger partial charge in [0.15, 0.2) is 6.29 Å². The molecule has 9 atom stereocenters. The standard InChI is InChI=1S/C61H64O11/c62-59-56(67-40-50-30-16-5-17-31-50)54(44-64-37-47-24-10-2-11-25-47)71-61(59,45-65-38-48-26-12-3-13-27-48)72-60-58(69-42-52-34-20-7-21-35-52)57(68-41-51-32-18-6-19-33-51)55(66-39-49-28-14-4-15-29-49)53(70-60)43-63-36-46-22-8-1-9-23-46/h1-35,53-60,62H,36-45H2/t53-,54-,55-,56-,57+,58-,59+,60?,61?/m1/s1. The first-order valence-electron chi connectivity index (χ1n) is 24.7. The molecule has 0 aliphatic carbocycles. The predicted molar refractivity (Wildman–Crippen MR) is 272 cm³/mol. The van der Waals surface area contributed by atoms with Crippen LogP contribution in [0.5, 0.6) is 0 Å². The molecule has 72 heavy (non-hydrogen) atoms. The molecule has 1 N–H and O–H groups in total. The summed E-state index contributed by atoms with van der Waals surface area (Å²) in [6, 6.07) is 69.4. The zero-order valence-electron chi connectivity index (χ0n) is 40.4. The van der Waals surface area contributed by atoms with Crippen LogP contribution in [-0.4, -0.2) is 79.7 Å². The van der Waals surface area contributed by atoms with Crippen LogP contribution in [0.1, 0.15) is 38.9 Å². The highest BCUT2D eigenvalue weighted by Gasteiger charge is 2.60. The third-order valence-electron chi connectivity index (χ3n) is 12.7. The number of rotatable bonds is 26. The lowest BCUT2D eigenvalue weighted by Gasteiger charge is -2.48. The monoisotopic (exact) mass is 972 g/mol. The van der Waals surface area contributed by atoms with Crippen LogP contribution in [0.4, 0.5) is 0 Å². The van der Waals surface area contributed by atoms with Crippen molar-refractivity contribution in [1.29, 1.82) is 0 Å². The molecule has 7 aromatic carbocycles. The Morgan fingerprint density at radius 2 is 0.667 bits per heavy atom. The Hall–Kier alpha value is -5.90. The predicted octanol–water partition coefficient (Wildman–Crippen LogP) is 10.2. The van der Waals surface area contributed by atoms with Crippen molar-refractivity contribution in [3.05, 3.63) is 251 Å². The van der Waals surface area contributed by atoms with Gasteiger partial charge >= 0.3 is 0 Å². The van der Waals surface area contributed by atoms with E-state index in [1.807, 2.05) is 212 Å². The van der Waals surface area contributed by atoms with E-state index in [-0.39, 0.29) is 52.9 Å². The number of hydrogen-bond donors (Lipinski definition) is 1. The van der Waals surface area contributed by atoms with Gasteiger partial charge in [-0.1, -0.05) is 212 Å². The molecular formula is C61H64O11. The van der Waals surface area contributed by atoms with E-state index in [2.05, 4.69) is 0 Å². The van der Waals surface area contributed by atoms with Gasteiger partial charge in [-0.15, -0.1) is 0 Å². The first-order chi connectivity index (χ1) is 35.6. The van der Waals surface area contributed by atoms with Gasteiger partial charge in [0.2, 0.25) is 5.79 Å². The molecular weight excluding hydrogens is 909 g/mol. The van der Waals surface area contributed by atoms with Crippen molar-refractivity contribution in [2.24, 2.45) is 0 Å². The van der Waals surface area contributed by atoms with Gasteiger partial charge in [-0.2, -0.15) is 0 Å². The fourth-order valence-corrected chi connectivity index (χ4v) is 8.98. The van der Waals surface area contributed by atoms with Crippen molar-refractivity contribution in [3.63, 3.8) is 0 Å². The SMILES string of the molecule is O[C@H]1[C@H](OCc2ccccc2)[C@@H](COCc2ccccc2)OC1(COCc1ccccc1)OC1O[C@H](COCc2ccccc2)[C@@H](OCc2ccccc2)[C@H](OCc2ccccc2)[C@H]1OCc1ccccc1. The molecule has 2 fully saturated rings. The quantitative estimate of drug-likeness (QED) is 0.0560. The average Bonchev–Trinajstić information content (AvgIpc) is 3.69. The van der Waals surface area contributed by atoms with Gasteiger partial charge in [-0.25, -0.2) is 0 Å². The largest absolute Gasteiger partial charge is 0.385 e. The fraction of sp³-hybridized carbons (Fsp3) is 0.311. The average molecular weight is 973 g/mol. The molecule has 2 saturated heterocycles. The van der Waals surface area contributed by atoms with Crippen LogP contribution < -0.4 is 0 Å². The third-order valence-corrected chi connectivity index (χ3v) is 12.7. The molecule has 2 heterocycles. The van der Waals surface area contributed by atoms with Crippen molar-refractivity contribution >= 4 is 0 Å². The van der Waals surface area contributed by atoms with Crippen molar-refractivity contribution in [2.45, 2.75) is 101 Å². The minimum atomic E-state index is -1.88. The molecule has 0 amide bonds. The van der Waals surface area contributed by atoms with E-state index in [1.165, 1.54) is 0 Å². The number of aliphatic hydroxyl groups is 1. The van der Waals surface area contributed by atoms with Crippen molar-refractivity contribution in [3.8, 4) is 0 Å². The third kappa shape index (κ3) is 14.4. The van der Waals surface area contributed by atoms with Crippen LogP contribution in [0.3, 0.4) is 0 Å². The highest BCUT2D eigenvalue weighted by Crippen LogP contribution is 2.41. The second kappa shape index (κ2) is 26.7. The second-order valence-electron chi connectivity index (χ2n) is 18.1. The maximum absolute atomic E-state index is 12.9. The summed E-state index contributed by atoms with van der Waals surface area (Å²) in [4.78, 5) is 0. The van der Waals surface area contributed by atoms with Crippen LogP contribution in [0.25, 0.3) is 0 Å². The first kappa shape index (κ1) is 51.0. The molecule has 2 unspecified atom stereocenters. The highest BCUT2D eigenvalue weighted by atomic mass is 16.8. The zero-order valence-corrected chi connectivity index (χ0v) is 40.4. The Morgan fingerprint density at radius 1 is 0.347 bits per heavy atom. The maximum atomic E-state index is 12.9. The Labute approximate surface area is 423 Å². The van der Waals surface area contributed by atoms with Crippen LogP contribution in [-0.2, 0) is 93.6 Å². The van der Waals surface area contributed by atoms with Gasteiger partial charge in [0.05, 0.1) is 59.5 Å². The minimum Gasteiger partial charge on any atom is -0.385 e. The van der Waals surface area contributed by atoms with Crippen molar-refractivity contribution < 1.29 is 52.5 Å². The Kier molecular flexibility index (Phi) is 18.9. The van der Waals surface area contributed by atoms with E-state index >= 15 is 0 Å². The lowest BCUT2D eigenvalue weighted by Crippen LogP contribution is -2.64. The molecule has 374 valence electrons. The van der Waals surface area contributed by atoms with E-state index in [9.17, 15) is 5.11 Å². The topological polar surface area (TPSA) is 113 Å². The molecule has 0 bridgehead atoms. The minimum absolute atomic E-state index is 0.0723. The molecule has 11 nitrogen and oxygen atoms in total. The number of ether oxygens (including phenoxy) is 10.